The van der Waals surface area contributed by atoms with Gasteiger partial charge in [0.25, 0.3) is 0 Å². The van der Waals surface area contributed by atoms with Gasteiger partial charge in [-0.2, -0.15) is 0 Å². The molecule has 2 atom stereocenters. The molecule has 2 aromatic carbocycles. The van der Waals surface area contributed by atoms with Gasteiger partial charge in [-0.05, 0) is 59.7 Å². The third kappa shape index (κ3) is 3.39. The van der Waals surface area contributed by atoms with E-state index < -0.39 is 0 Å². The molecule has 1 aliphatic rings. The van der Waals surface area contributed by atoms with Crippen LogP contribution in [0.5, 0.6) is 5.75 Å². The second kappa shape index (κ2) is 7.26. The van der Waals surface area contributed by atoms with Gasteiger partial charge in [0.1, 0.15) is 11.6 Å². The van der Waals surface area contributed by atoms with E-state index in [-0.39, 0.29) is 11.8 Å². The van der Waals surface area contributed by atoms with Crippen molar-refractivity contribution in [2.24, 2.45) is 5.92 Å². The van der Waals surface area contributed by atoms with E-state index in [9.17, 15) is 9.18 Å². The van der Waals surface area contributed by atoms with Gasteiger partial charge in [0.2, 0.25) is 0 Å². The normalized spacial score (nSPS) is 19.7. The SMILES string of the molecule is COC(=O)c1ccc(-c2cc(OC)ccc2F)c([C@@H]2CCCC2C)c1. The number of halogens is 1. The third-order valence-electron chi connectivity index (χ3n) is 5.20. The van der Waals surface area contributed by atoms with Crippen LogP contribution in [0.1, 0.15) is 48.0 Å². The van der Waals surface area contributed by atoms with Crippen LogP contribution in [0.25, 0.3) is 11.1 Å². The number of methoxy groups -OCH3 is 2. The van der Waals surface area contributed by atoms with Gasteiger partial charge in [-0.3, -0.25) is 0 Å². The Morgan fingerprint density at radius 1 is 1.08 bits per heavy atom. The van der Waals surface area contributed by atoms with Gasteiger partial charge in [-0.1, -0.05) is 25.8 Å². The molecule has 1 fully saturated rings. The molecule has 2 aromatic rings. The molecule has 0 N–H and O–H groups in total. The molecule has 0 aromatic heterocycles. The van der Waals surface area contributed by atoms with E-state index >= 15 is 0 Å². The van der Waals surface area contributed by atoms with Gasteiger partial charge in [0, 0.05) is 5.56 Å². The fourth-order valence-corrected chi connectivity index (χ4v) is 3.80. The molecule has 0 bridgehead atoms. The standard InChI is InChI=1S/C21H23FO3/c1-13-5-4-6-16(13)18-11-14(21(23)25-3)7-9-17(18)19-12-15(24-2)8-10-20(19)22/h7-13,16H,4-6H2,1-3H3/t13?,16-/m1/s1. The highest BCUT2D eigenvalue weighted by Crippen LogP contribution is 2.44. The zero-order valence-electron chi connectivity index (χ0n) is 14.8. The molecule has 1 saturated carbocycles. The summed E-state index contributed by atoms with van der Waals surface area (Å²) in [7, 11) is 2.94. The highest BCUT2D eigenvalue weighted by Gasteiger charge is 2.28. The smallest absolute Gasteiger partial charge is 0.337 e. The lowest BCUT2D eigenvalue weighted by Crippen LogP contribution is -2.08. The maximum Gasteiger partial charge on any atom is 0.337 e. The average Bonchev–Trinajstić information content (AvgIpc) is 3.07. The average molecular weight is 342 g/mol. The second-order valence-corrected chi connectivity index (χ2v) is 6.65. The van der Waals surface area contributed by atoms with Crippen LogP contribution in [-0.2, 0) is 4.74 Å². The van der Waals surface area contributed by atoms with Gasteiger partial charge in [0.15, 0.2) is 0 Å². The van der Waals surface area contributed by atoms with Crippen LogP contribution in [-0.4, -0.2) is 20.2 Å². The largest absolute Gasteiger partial charge is 0.497 e. The van der Waals surface area contributed by atoms with Gasteiger partial charge < -0.3 is 9.47 Å². The van der Waals surface area contributed by atoms with E-state index in [1.54, 1.807) is 25.3 Å². The molecule has 3 rings (SSSR count). The van der Waals surface area contributed by atoms with Crippen molar-refractivity contribution in [3.8, 4) is 16.9 Å². The molecule has 3 nitrogen and oxygen atoms in total. The van der Waals surface area contributed by atoms with Crippen LogP contribution < -0.4 is 4.74 Å². The van der Waals surface area contributed by atoms with Gasteiger partial charge in [0.05, 0.1) is 19.8 Å². The predicted molar refractivity (Wildman–Crippen MR) is 95.5 cm³/mol. The first-order valence-corrected chi connectivity index (χ1v) is 8.61. The number of ether oxygens (including phenoxy) is 2. The van der Waals surface area contributed by atoms with Crippen LogP contribution in [0, 0.1) is 11.7 Å². The van der Waals surface area contributed by atoms with Gasteiger partial charge in [-0.15, -0.1) is 0 Å². The third-order valence-corrected chi connectivity index (χ3v) is 5.20. The summed E-state index contributed by atoms with van der Waals surface area (Å²) < 4.78 is 24.6. The fourth-order valence-electron chi connectivity index (χ4n) is 3.80. The highest BCUT2D eigenvalue weighted by molar-refractivity contribution is 5.90. The first kappa shape index (κ1) is 17.5. The number of carbonyl (C=O) groups is 1. The van der Waals surface area contributed by atoms with E-state index in [1.165, 1.54) is 13.2 Å². The van der Waals surface area contributed by atoms with Crippen LogP contribution in [0.2, 0.25) is 0 Å². The molecule has 0 heterocycles. The van der Waals surface area contributed by atoms with E-state index in [0.29, 0.717) is 28.7 Å². The van der Waals surface area contributed by atoms with Crippen molar-refractivity contribution < 1.29 is 18.7 Å². The van der Waals surface area contributed by atoms with Crippen LogP contribution in [0.3, 0.4) is 0 Å². The monoisotopic (exact) mass is 342 g/mol. The number of esters is 1. The molecule has 1 aliphatic carbocycles. The Labute approximate surface area is 147 Å². The Morgan fingerprint density at radius 2 is 1.88 bits per heavy atom. The molecule has 1 unspecified atom stereocenters. The number of carbonyl (C=O) groups excluding carboxylic acids is 1. The zero-order valence-corrected chi connectivity index (χ0v) is 14.8. The molecule has 132 valence electrons. The van der Waals surface area contributed by atoms with E-state index in [1.807, 2.05) is 12.1 Å². The van der Waals surface area contributed by atoms with Crippen molar-refractivity contribution >= 4 is 5.97 Å². The first-order chi connectivity index (χ1) is 12.0. The lowest BCUT2D eigenvalue weighted by molar-refractivity contribution is 0.0600. The molecule has 0 saturated heterocycles. The van der Waals surface area contributed by atoms with Crippen molar-refractivity contribution in [1.82, 2.24) is 0 Å². The Balaban J connectivity index is 2.17. The Hall–Kier alpha value is -2.36. The van der Waals surface area contributed by atoms with Crippen molar-refractivity contribution in [2.75, 3.05) is 14.2 Å². The summed E-state index contributed by atoms with van der Waals surface area (Å²) in [6.07, 6.45) is 3.34. The molecular formula is C21H23FO3. The molecule has 0 spiro atoms. The van der Waals surface area contributed by atoms with Crippen LogP contribution in [0.15, 0.2) is 36.4 Å². The molecular weight excluding hydrogens is 319 g/mol. The summed E-state index contributed by atoms with van der Waals surface area (Å²) in [5, 5.41) is 0. The maximum atomic E-state index is 14.5. The molecule has 4 heteroatoms. The van der Waals surface area contributed by atoms with Crippen LogP contribution in [0.4, 0.5) is 4.39 Å². The maximum absolute atomic E-state index is 14.5. The minimum Gasteiger partial charge on any atom is -0.497 e. The molecule has 25 heavy (non-hydrogen) atoms. The van der Waals surface area contributed by atoms with Gasteiger partial charge in [-0.25, -0.2) is 9.18 Å². The summed E-state index contributed by atoms with van der Waals surface area (Å²) in [6.45, 7) is 2.22. The van der Waals surface area contributed by atoms with Crippen molar-refractivity contribution in [3.63, 3.8) is 0 Å². The Morgan fingerprint density at radius 3 is 2.52 bits per heavy atom. The van der Waals surface area contributed by atoms with Gasteiger partial charge >= 0.3 is 5.97 Å². The van der Waals surface area contributed by atoms with Crippen LogP contribution >= 0.6 is 0 Å². The van der Waals surface area contributed by atoms with Crippen molar-refractivity contribution in [1.29, 1.82) is 0 Å². The summed E-state index contributed by atoms with van der Waals surface area (Å²) >= 11 is 0. The second-order valence-electron chi connectivity index (χ2n) is 6.65. The fraction of sp³-hybridized carbons (Fsp3) is 0.381. The number of benzene rings is 2. The van der Waals surface area contributed by atoms with E-state index in [2.05, 4.69) is 6.92 Å². The van der Waals surface area contributed by atoms with Crippen molar-refractivity contribution in [2.45, 2.75) is 32.1 Å². The number of rotatable bonds is 4. The first-order valence-electron chi connectivity index (χ1n) is 8.61. The predicted octanol–water partition coefficient (Wildman–Crippen LogP) is 5.19. The highest BCUT2D eigenvalue weighted by atomic mass is 19.1. The summed E-state index contributed by atoms with van der Waals surface area (Å²) in [5.74, 6) is 0.757. The minimum atomic E-state index is -0.371. The summed E-state index contributed by atoms with van der Waals surface area (Å²) in [6, 6.07) is 10.1. The summed E-state index contributed by atoms with van der Waals surface area (Å²) in [5.41, 5.74) is 2.84. The summed E-state index contributed by atoms with van der Waals surface area (Å²) in [4.78, 5) is 12.0. The minimum absolute atomic E-state index is 0.293. The number of hydrogen-bond donors (Lipinski definition) is 0. The van der Waals surface area contributed by atoms with E-state index in [0.717, 1.165) is 30.4 Å². The zero-order chi connectivity index (χ0) is 18.0. The lowest BCUT2D eigenvalue weighted by Gasteiger charge is -2.21. The topological polar surface area (TPSA) is 35.5 Å². The van der Waals surface area contributed by atoms with E-state index in [4.69, 9.17) is 9.47 Å². The molecule has 0 aliphatic heterocycles. The van der Waals surface area contributed by atoms with Crippen molar-refractivity contribution in [3.05, 3.63) is 53.3 Å². The lowest BCUT2D eigenvalue weighted by atomic mass is 9.84. The number of hydrogen-bond acceptors (Lipinski definition) is 3. The quantitative estimate of drug-likeness (QED) is 0.717. The molecule has 0 radical (unpaired) electrons. The molecule has 0 amide bonds. The Bertz CT molecular complexity index is 785. The Kier molecular flexibility index (Phi) is 5.07.